The van der Waals surface area contributed by atoms with E-state index in [0.29, 0.717) is 5.69 Å². The van der Waals surface area contributed by atoms with Gasteiger partial charge in [0.2, 0.25) is 0 Å². The molecule has 0 radical (unpaired) electrons. The fourth-order valence-electron chi connectivity index (χ4n) is 1.61. The number of hydrogen-bond acceptors (Lipinski definition) is 2. The molecule has 0 atom stereocenters. The SMILES string of the molecule is CC(C)=CCC/C(C)=C/S(=O)(=O)Nc1ccccc1. The maximum Gasteiger partial charge on any atom is 0.254 e. The summed E-state index contributed by atoms with van der Waals surface area (Å²) in [4.78, 5) is 0. The van der Waals surface area contributed by atoms with Crippen LogP contribution in [-0.4, -0.2) is 8.42 Å². The van der Waals surface area contributed by atoms with Crippen LogP contribution >= 0.6 is 0 Å². The molecule has 1 N–H and O–H groups in total. The molecule has 1 aromatic carbocycles. The first kappa shape index (κ1) is 15.5. The summed E-state index contributed by atoms with van der Waals surface area (Å²) in [7, 11) is -3.42. The molecule has 1 rings (SSSR count). The molecular weight excluding hydrogens is 258 g/mol. The number of nitrogens with one attached hydrogen (secondary N) is 1. The van der Waals surface area contributed by atoms with Crippen molar-refractivity contribution >= 4 is 15.7 Å². The second-order valence-electron chi connectivity index (χ2n) is 4.80. The van der Waals surface area contributed by atoms with Gasteiger partial charge in [0.1, 0.15) is 0 Å². The van der Waals surface area contributed by atoms with Gasteiger partial charge in [0, 0.05) is 5.69 Å². The largest absolute Gasteiger partial charge is 0.280 e. The second-order valence-corrected chi connectivity index (χ2v) is 6.33. The van der Waals surface area contributed by atoms with Gasteiger partial charge in [-0.05, 0) is 45.7 Å². The fraction of sp³-hybridized carbons (Fsp3) is 0.333. The number of para-hydroxylation sites is 1. The van der Waals surface area contributed by atoms with E-state index in [1.165, 1.54) is 11.0 Å². The molecule has 0 fully saturated rings. The normalized spacial score (nSPS) is 12.1. The second kappa shape index (κ2) is 7.14. The quantitative estimate of drug-likeness (QED) is 0.798. The average molecular weight is 279 g/mol. The van der Waals surface area contributed by atoms with E-state index in [0.717, 1.165) is 18.4 Å². The van der Waals surface area contributed by atoms with Gasteiger partial charge in [-0.25, -0.2) is 8.42 Å². The molecule has 0 unspecified atom stereocenters. The van der Waals surface area contributed by atoms with Crippen molar-refractivity contribution in [3.63, 3.8) is 0 Å². The van der Waals surface area contributed by atoms with E-state index in [9.17, 15) is 8.42 Å². The molecule has 0 bridgehead atoms. The fourth-order valence-corrected chi connectivity index (χ4v) is 2.78. The van der Waals surface area contributed by atoms with Gasteiger partial charge in [-0.2, -0.15) is 0 Å². The third-order valence-corrected chi connectivity index (χ3v) is 3.71. The summed E-state index contributed by atoms with van der Waals surface area (Å²) in [6.45, 7) is 5.91. The van der Waals surface area contributed by atoms with Crippen molar-refractivity contribution in [3.8, 4) is 0 Å². The number of anilines is 1. The van der Waals surface area contributed by atoms with E-state index in [4.69, 9.17) is 0 Å². The van der Waals surface area contributed by atoms with Crippen LogP contribution in [0.4, 0.5) is 5.69 Å². The van der Waals surface area contributed by atoms with Crippen molar-refractivity contribution in [3.05, 3.63) is 53.0 Å². The summed E-state index contributed by atoms with van der Waals surface area (Å²) >= 11 is 0. The zero-order valence-electron chi connectivity index (χ0n) is 11.7. The maximum atomic E-state index is 11.9. The molecule has 4 heteroatoms. The summed E-state index contributed by atoms with van der Waals surface area (Å²) in [6, 6.07) is 8.89. The number of sulfonamides is 1. The summed E-state index contributed by atoms with van der Waals surface area (Å²) in [5.41, 5.74) is 2.68. The van der Waals surface area contributed by atoms with Crippen LogP contribution in [0.15, 0.2) is 53.0 Å². The Balaban J connectivity index is 2.65. The van der Waals surface area contributed by atoms with E-state index < -0.39 is 10.0 Å². The van der Waals surface area contributed by atoms with Gasteiger partial charge in [0.25, 0.3) is 10.0 Å². The van der Waals surface area contributed by atoms with Crippen LogP contribution in [0, 0.1) is 0 Å². The zero-order chi connectivity index (χ0) is 14.3. The van der Waals surface area contributed by atoms with Gasteiger partial charge < -0.3 is 0 Å². The number of benzene rings is 1. The molecule has 0 aromatic heterocycles. The molecule has 0 aliphatic carbocycles. The lowest BCUT2D eigenvalue weighted by Crippen LogP contribution is -2.09. The van der Waals surface area contributed by atoms with Crippen LogP contribution in [0.3, 0.4) is 0 Å². The monoisotopic (exact) mass is 279 g/mol. The van der Waals surface area contributed by atoms with Crippen molar-refractivity contribution in [1.82, 2.24) is 0 Å². The molecule has 0 amide bonds. The van der Waals surface area contributed by atoms with E-state index in [1.807, 2.05) is 26.8 Å². The van der Waals surface area contributed by atoms with Crippen molar-refractivity contribution in [2.24, 2.45) is 0 Å². The lowest BCUT2D eigenvalue weighted by molar-refractivity contribution is 0.609. The van der Waals surface area contributed by atoms with Crippen LogP contribution in [0.5, 0.6) is 0 Å². The van der Waals surface area contributed by atoms with Crippen molar-refractivity contribution in [1.29, 1.82) is 0 Å². The van der Waals surface area contributed by atoms with Crippen LogP contribution in [0.25, 0.3) is 0 Å². The first-order valence-electron chi connectivity index (χ1n) is 6.27. The Morgan fingerprint density at radius 2 is 1.79 bits per heavy atom. The summed E-state index contributed by atoms with van der Waals surface area (Å²) in [5.74, 6) is 0. The number of rotatable bonds is 6. The lowest BCUT2D eigenvalue weighted by atomic mass is 10.1. The van der Waals surface area contributed by atoms with Crippen LogP contribution in [0.1, 0.15) is 33.6 Å². The topological polar surface area (TPSA) is 46.2 Å². The molecule has 3 nitrogen and oxygen atoms in total. The van der Waals surface area contributed by atoms with Crippen molar-refractivity contribution in [2.45, 2.75) is 33.6 Å². The molecule has 0 heterocycles. The zero-order valence-corrected chi connectivity index (χ0v) is 12.5. The third-order valence-electron chi connectivity index (χ3n) is 2.48. The van der Waals surface area contributed by atoms with E-state index in [-0.39, 0.29) is 0 Å². The van der Waals surface area contributed by atoms with Crippen molar-refractivity contribution in [2.75, 3.05) is 4.72 Å². The summed E-state index contributed by atoms with van der Waals surface area (Å²) < 4.78 is 26.3. The van der Waals surface area contributed by atoms with Crippen molar-refractivity contribution < 1.29 is 8.42 Å². The average Bonchev–Trinajstić information content (AvgIpc) is 2.28. The molecule has 0 aliphatic rings. The standard InChI is InChI=1S/C15H21NO2S/c1-13(2)8-7-9-14(3)12-19(17,18)16-15-10-5-4-6-11-15/h4-6,8,10-12,16H,7,9H2,1-3H3/b14-12+. The molecule has 0 saturated heterocycles. The molecule has 104 valence electrons. The number of hydrogen-bond donors (Lipinski definition) is 1. The highest BCUT2D eigenvalue weighted by atomic mass is 32.2. The highest BCUT2D eigenvalue weighted by Gasteiger charge is 2.06. The van der Waals surface area contributed by atoms with Crippen LogP contribution in [0.2, 0.25) is 0 Å². The molecule has 1 aromatic rings. The maximum absolute atomic E-state index is 11.9. The third kappa shape index (κ3) is 6.82. The van der Waals surface area contributed by atoms with Gasteiger partial charge in [-0.1, -0.05) is 35.4 Å². The first-order chi connectivity index (χ1) is 8.89. The molecule has 19 heavy (non-hydrogen) atoms. The predicted molar refractivity (Wildman–Crippen MR) is 81.4 cm³/mol. The Morgan fingerprint density at radius 1 is 1.16 bits per heavy atom. The Bertz CT molecular complexity index is 553. The molecular formula is C15H21NO2S. The van der Waals surface area contributed by atoms with Gasteiger partial charge in [0.15, 0.2) is 0 Å². The highest BCUT2D eigenvalue weighted by molar-refractivity contribution is 7.95. The van der Waals surface area contributed by atoms with Gasteiger partial charge in [-0.15, -0.1) is 0 Å². The summed E-state index contributed by atoms with van der Waals surface area (Å²) in [5, 5.41) is 1.30. The Morgan fingerprint density at radius 3 is 2.37 bits per heavy atom. The molecule has 0 aliphatic heterocycles. The molecule has 0 spiro atoms. The minimum absolute atomic E-state index is 0.579. The minimum atomic E-state index is -3.42. The minimum Gasteiger partial charge on any atom is -0.280 e. The van der Waals surface area contributed by atoms with E-state index >= 15 is 0 Å². The van der Waals surface area contributed by atoms with Crippen LogP contribution < -0.4 is 4.72 Å². The Labute approximate surface area is 116 Å². The Hall–Kier alpha value is -1.55. The van der Waals surface area contributed by atoms with Gasteiger partial charge >= 0.3 is 0 Å². The van der Waals surface area contributed by atoms with E-state index in [1.54, 1.807) is 24.3 Å². The Kier molecular flexibility index (Phi) is 5.83. The lowest BCUT2D eigenvalue weighted by Gasteiger charge is -2.05. The first-order valence-corrected chi connectivity index (χ1v) is 7.82. The van der Waals surface area contributed by atoms with Gasteiger partial charge in [0.05, 0.1) is 5.41 Å². The predicted octanol–water partition coefficient (Wildman–Crippen LogP) is 4.08. The highest BCUT2D eigenvalue weighted by Crippen LogP contribution is 2.12. The van der Waals surface area contributed by atoms with Gasteiger partial charge in [-0.3, -0.25) is 4.72 Å². The van der Waals surface area contributed by atoms with Crippen LogP contribution in [-0.2, 0) is 10.0 Å². The van der Waals surface area contributed by atoms with E-state index in [2.05, 4.69) is 10.8 Å². The number of allylic oxidation sites excluding steroid dienone is 3. The smallest absolute Gasteiger partial charge is 0.254 e. The molecule has 0 saturated carbocycles. The summed E-state index contributed by atoms with van der Waals surface area (Å²) in [6.07, 6.45) is 3.72.